The van der Waals surface area contributed by atoms with Crippen molar-refractivity contribution in [2.24, 2.45) is 0 Å². The molecular formula is C25H24ClN3O2S2. The molecule has 0 unspecified atom stereocenters. The Bertz CT molecular complexity index is 1230. The number of aromatic nitrogens is 2. The lowest BCUT2D eigenvalue weighted by Crippen LogP contribution is -2.30. The number of amides is 1. The number of carbonyl (C=O) groups is 1. The summed E-state index contributed by atoms with van der Waals surface area (Å²) in [7, 11) is 1.60. The minimum atomic E-state index is 0.0132. The van der Waals surface area contributed by atoms with Crippen molar-refractivity contribution >= 4 is 56.0 Å². The summed E-state index contributed by atoms with van der Waals surface area (Å²) in [5.41, 5.74) is 2.71. The fourth-order valence-electron chi connectivity index (χ4n) is 3.32. The van der Waals surface area contributed by atoms with E-state index in [1.807, 2.05) is 18.2 Å². The third kappa shape index (κ3) is 5.85. The SMILES string of the molecule is COc1ccc(Cl)c2sc(N(Cc3ccccn3)C(=O)CCCSc3ccc(C)cc3)nc12. The van der Waals surface area contributed by atoms with Crippen LogP contribution in [-0.2, 0) is 11.3 Å². The number of hydrogen-bond acceptors (Lipinski definition) is 6. The van der Waals surface area contributed by atoms with Crippen molar-refractivity contribution < 1.29 is 9.53 Å². The Labute approximate surface area is 206 Å². The maximum atomic E-state index is 13.3. The molecule has 0 fully saturated rings. The molecule has 170 valence electrons. The van der Waals surface area contributed by atoms with Crippen molar-refractivity contribution in [2.75, 3.05) is 17.8 Å². The van der Waals surface area contributed by atoms with Crippen LogP contribution in [0.2, 0.25) is 5.02 Å². The normalized spacial score (nSPS) is 11.0. The standard InChI is InChI=1S/C25H24ClN3O2S2/c1-17-8-10-19(11-9-17)32-15-5-7-22(30)29(16-18-6-3-4-14-27-18)25-28-23-21(31-2)13-12-20(26)24(23)33-25/h3-4,6,8-14H,5,7,15-16H2,1-2H3. The van der Waals surface area contributed by atoms with E-state index in [0.29, 0.717) is 34.4 Å². The van der Waals surface area contributed by atoms with Gasteiger partial charge in [-0.05, 0) is 55.5 Å². The Hall–Kier alpha value is -2.61. The quantitative estimate of drug-likeness (QED) is 0.189. The van der Waals surface area contributed by atoms with Crippen LogP contribution >= 0.6 is 34.7 Å². The summed E-state index contributed by atoms with van der Waals surface area (Å²) in [4.78, 5) is 25.4. The lowest BCUT2D eigenvalue weighted by atomic mass is 10.2. The Balaban J connectivity index is 1.52. The number of methoxy groups -OCH3 is 1. The number of fused-ring (bicyclic) bond motifs is 1. The number of thioether (sulfide) groups is 1. The van der Waals surface area contributed by atoms with Crippen LogP contribution in [0.3, 0.4) is 0 Å². The van der Waals surface area contributed by atoms with E-state index in [4.69, 9.17) is 21.3 Å². The van der Waals surface area contributed by atoms with E-state index in [0.717, 1.165) is 22.6 Å². The van der Waals surface area contributed by atoms with Crippen molar-refractivity contribution in [1.82, 2.24) is 9.97 Å². The summed E-state index contributed by atoms with van der Waals surface area (Å²) in [6.45, 7) is 2.43. The molecule has 33 heavy (non-hydrogen) atoms. The second-order valence-corrected chi connectivity index (χ2v) is 10.0. The van der Waals surface area contributed by atoms with Gasteiger partial charge in [0, 0.05) is 17.5 Å². The molecule has 0 atom stereocenters. The van der Waals surface area contributed by atoms with Gasteiger partial charge < -0.3 is 4.74 Å². The average Bonchev–Trinajstić information content (AvgIpc) is 3.28. The van der Waals surface area contributed by atoms with Crippen LogP contribution in [0.15, 0.2) is 65.7 Å². The van der Waals surface area contributed by atoms with E-state index in [2.05, 4.69) is 36.2 Å². The molecule has 0 radical (unpaired) electrons. The highest BCUT2D eigenvalue weighted by molar-refractivity contribution is 7.99. The van der Waals surface area contributed by atoms with Crippen LogP contribution in [0.25, 0.3) is 10.2 Å². The molecule has 5 nitrogen and oxygen atoms in total. The first kappa shape index (κ1) is 23.5. The van der Waals surface area contributed by atoms with Crippen LogP contribution in [-0.4, -0.2) is 28.7 Å². The second kappa shape index (κ2) is 11.0. The van der Waals surface area contributed by atoms with Crippen molar-refractivity contribution in [3.05, 3.63) is 77.1 Å². The van der Waals surface area contributed by atoms with Crippen molar-refractivity contribution in [1.29, 1.82) is 0 Å². The highest BCUT2D eigenvalue weighted by Crippen LogP contribution is 2.39. The van der Waals surface area contributed by atoms with E-state index in [-0.39, 0.29) is 5.91 Å². The Morgan fingerprint density at radius 1 is 1.15 bits per heavy atom. The molecule has 0 aliphatic heterocycles. The molecule has 4 aromatic rings. The van der Waals surface area contributed by atoms with E-state index >= 15 is 0 Å². The van der Waals surface area contributed by atoms with Gasteiger partial charge in [0.25, 0.3) is 0 Å². The molecular weight excluding hydrogens is 474 g/mol. The molecule has 2 aromatic carbocycles. The fourth-order valence-corrected chi connectivity index (χ4v) is 5.45. The van der Waals surface area contributed by atoms with Gasteiger partial charge in [0.05, 0.1) is 29.1 Å². The lowest BCUT2D eigenvalue weighted by Gasteiger charge is -2.19. The maximum absolute atomic E-state index is 13.3. The van der Waals surface area contributed by atoms with Crippen LogP contribution in [0.4, 0.5) is 5.13 Å². The summed E-state index contributed by atoms with van der Waals surface area (Å²) in [5, 5.41) is 1.19. The van der Waals surface area contributed by atoms with Crippen LogP contribution in [0.1, 0.15) is 24.1 Å². The maximum Gasteiger partial charge on any atom is 0.229 e. The number of ether oxygens (including phenoxy) is 1. The number of nitrogens with zero attached hydrogens (tertiary/aromatic N) is 3. The van der Waals surface area contributed by atoms with E-state index in [9.17, 15) is 4.79 Å². The van der Waals surface area contributed by atoms with Gasteiger partial charge in [0.1, 0.15) is 11.3 Å². The van der Waals surface area contributed by atoms with E-state index in [1.165, 1.54) is 21.8 Å². The first-order valence-electron chi connectivity index (χ1n) is 10.6. The molecule has 0 saturated carbocycles. The minimum absolute atomic E-state index is 0.0132. The van der Waals surface area contributed by atoms with Gasteiger partial charge in [-0.25, -0.2) is 4.98 Å². The third-order valence-electron chi connectivity index (χ3n) is 5.07. The van der Waals surface area contributed by atoms with Gasteiger partial charge in [-0.1, -0.05) is 46.7 Å². The monoisotopic (exact) mass is 497 g/mol. The first-order chi connectivity index (χ1) is 16.0. The summed E-state index contributed by atoms with van der Waals surface area (Å²) < 4.78 is 6.26. The van der Waals surface area contributed by atoms with Gasteiger partial charge >= 0.3 is 0 Å². The summed E-state index contributed by atoms with van der Waals surface area (Å²) in [5.74, 6) is 1.52. The predicted molar refractivity (Wildman–Crippen MR) is 138 cm³/mol. The lowest BCUT2D eigenvalue weighted by molar-refractivity contribution is -0.118. The van der Waals surface area contributed by atoms with Crippen molar-refractivity contribution in [3.63, 3.8) is 0 Å². The van der Waals surface area contributed by atoms with Crippen LogP contribution in [0.5, 0.6) is 5.75 Å². The van der Waals surface area contributed by atoms with Gasteiger partial charge in [-0.15, -0.1) is 11.8 Å². The number of pyridine rings is 1. The van der Waals surface area contributed by atoms with Crippen LogP contribution < -0.4 is 9.64 Å². The molecule has 4 rings (SSSR count). The van der Waals surface area contributed by atoms with Crippen molar-refractivity contribution in [3.8, 4) is 5.75 Å². The molecule has 0 aliphatic rings. The largest absolute Gasteiger partial charge is 0.494 e. The second-order valence-electron chi connectivity index (χ2n) is 7.49. The van der Waals surface area contributed by atoms with Crippen LogP contribution in [0, 0.1) is 6.92 Å². The van der Waals surface area contributed by atoms with Gasteiger partial charge in [-0.3, -0.25) is 14.7 Å². The molecule has 1 amide bonds. The summed E-state index contributed by atoms with van der Waals surface area (Å²) in [6.07, 6.45) is 2.92. The van der Waals surface area contributed by atoms with Crippen molar-refractivity contribution in [2.45, 2.75) is 31.2 Å². The molecule has 2 aromatic heterocycles. The van der Waals surface area contributed by atoms with E-state index < -0.39 is 0 Å². The zero-order valence-electron chi connectivity index (χ0n) is 18.5. The topological polar surface area (TPSA) is 55.3 Å². The molecule has 0 bridgehead atoms. The van der Waals surface area contributed by atoms with Gasteiger partial charge in [0.15, 0.2) is 5.13 Å². The molecule has 2 heterocycles. The number of halogens is 1. The Morgan fingerprint density at radius 3 is 2.70 bits per heavy atom. The number of thiazole rings is 1. The first-order valence-corrected chi connectivity index (χ1v) is 12.8. The molecule has 0 saturated heterocycles. The number of hydrogen-bond donors (Lipinski definition) is 0. The average molecular weight is 498 g/mol. The number of aryl methyl sites for hydroxylation is 1. The van der Waals surface area contributed by atoms with E-state index in [1.54, 1.807) is 42.1 Å². The van der Waals surface area contributed by atoms with Gasteiger partial charge in [0.2, 0.25) is 5.91 Å². The number of carbonyl (C=O) groups excluding carboxylic acids is 1. The Kier molecular flexibility index (Phi) is 7.85. The fraction of sp³-hybridized carbons (Fsp3) is 0.240. The molecule has 0 N–H and O–H groups in total. The number of rotatable bonds is 9. The Morgan fingerprint density at radius 2 is 1.97 bits per heavy atom. The highest BCUT2D eigenvalue weighted by Gasteiger charge is 2.22. The zero-order valence-corrected chi connectivity index (χ0v) is 20.8. The molecule has 0 aliphatic carbocycles. The third-order valence-corrected chi connectivity index (χ3v) is 7.71. The number of anilines is 1. The van der Waals surface area contributed by atoms with Gasteiger partial charge in [-0.2, -0.15) is 0 Å². The summed E-state index contributed by atoms with van der Waals surface area (Å²) in [6, 6.07) is 17.7. The number of benzene rings is 2. The molecule has 8 heteroatoms. The zero-order chi connectivity index (χ0) is 23.2. The highest BCUT2D eigenvalue weighted by atomic mass is 35.5. The summed E-state index contributed by atoms with van der Waals surface area (Å²) >= 11 is 9.57. The molecule has 0 spiro atoms. The minimum Gasteiger partial charge on any atom is -0.494 e. The predicted octanol–water partition coefficient (Wildman–Crippen LogP) is 6.77. The smallest absolute Gasteiger partial charge is 0.229 e.